The summed E-state index contributed by atoms with van der Waals surface area (Å²) in [4.78, 5) is 2.49. The number of benzene rings is 6. The molecule has 2 unspecified atom stereocenters. The summed E-state index contributed by atoms with van der Waals surface area (Å²) in [5.41, 5.74) is 19.6. The van der Waals surface area contributed by atoms with Gasteiger partial charge in [-0.15, -0.1) is 0 Å². The van der Waals surface area contributed by atoms with Crippen LogP contribution in [0.2, 0.25) is 0 Å². The number of fused-ring (bicyclic) bond motifs is 3. The van der Waals surface area contributed by atoms with Gasteiger partial charge in [0.25, 0.3) is 0 Å². The van der Waals surface area contributed by atoms with E-state index >= 15 is 0 Å². The van der Waals surface area contributed by atoms with Gasteiger partial charge in [0.2, 0.25) is 0 Å². The van der Waals surface area contributed by atoms with Crippen LogP contribution in [0.5, 0.6) is 0 Å². The minimum Gasteiger partial charge on any atom is -0.313 e. The fraction of sp³-hybridized carbons (Fsp3) is 0.106. The van der Waals surface area contributed by atoms with Crippen molar-refractivity contribution in [2.75, 3.05) is 4.90 Å². The van der Waals surface area contributed by atoms with Crippen molar-refractivity contribution >= 4 is 16.9 Å². The van der Waals surface area contributed by atoms with E-state index < -0.39 is 0 Å². The molecular formula is C47H37N. The highest BCUT2D eigenvalue weighted by Gasteiger charge is 2.35. The Balaban J connectivity index is 1.04. The Morgan fingerprint density at radius 2 is 1.29 bits per heavy atom. The highest BCUT2D eigenvalue weighted by molar-refractivity contribution is 5.89. The predicted molar refractivity (Wildman–Crippen MR) is 203 cm³/mol. The SMILES string of the molecule is Cc1ccccc1-c1c(C)cccc1-c1ccc(N2C3=CC=CCC3c3ccc(-c4ccc(C5C=C5c5ccccc5)cc4)cc32)cc1. The lowest BCUT2D eigenvalue weighted by Gasteiger charge is -2.25. The Kier molecular flexibility index (Phi) is 6.87. The van der Waals surface area contributed by atoms with Crippen LogP contribution in [-0.4, -0.2) is 0 Å². The normalized spacial score (nSPS) is 17.4. The molecule has 2 atom stereocenters. The molecule has 1 aliphatic heterocycles. The third kappa shape index (κ3) is 4.86. The molecule has 0 spiro atoms. The smallest absolute Gasteiger partial charge is 0.0503 e. The summed E-state index contributed by atoms with van der Waals surface area (Å²) in [5, 5.41) is 0. The van der Waals surface area contributed by atoms with Crippen molar-refractivity contribution in [1.82, 2.24) is 0 Å². The molecule has 48 heavy (non-hydrogen) atoms. The number of hydrogen-bond donors (Lipinski definition) is 0. The van der Waals surface area contributed by atoms with E-state index in [-0.39, 0.29) is 0 Å². The molecule has 3 aliphatic rings. The van der Waals surface area contributed by atoms with E-state index in [4.69, 9.17) is 0 Å². The van der Waals surface area contributed by atoms with Crippen LogP contribution < -0.4 is 4.90 Å². The van der Waals surface area contributed by atoms with E-state index in [0.717, 1.165) is 6.42 Å². The van der Waals surface area contributed by atoms with Crippen molar-refractivity contribution in [3.63, 3.8) is 0 Å². The van der Waals surface area contributed by atoms with Crippen molar-refractivity contribution < 1.29 is 0 Å². The molecule has 0 aromatic heterocycles. The first kappa shape index (κ1) is 28.6. The zero-order valence-electron chi connectivity index (χ0n) is 27.4. The van der Waals surface area contributed by atoms with Crippen LogP contribution in [0, 0.1) is 13.8 Å². The summed E-state index contributed by atoms with van der Waals surface area (Å²) in [5.74, 6) is 0.804. The van der Waals surface area contributed by atoms with Crippen LogP contribution in [0.3, 0.4) is 0 Å². The van der Waals surface area contributed by atoms with Crippen LogP contribution in [0.15, 0.2) is 170 Å². The Morgan fingerprint density at radius 1 is 0.583 bits per heavy atom. The van der Waals surface area contributed by atoms with E-state index in [2.05, 4.69) is 183 Å². The van der Waals surface area contributed by atoms with Crippen molar-refractivity contribution in [2.24, 2.45) is 0 Å². The summed E-state index contributed by atoms with van der Waals surface area (Å²) in [6.07, 6.45) is 10.2. The van der Waals surface area contributed by atoms with E-state index in [0.29, 0.717) is 11.8 Å². The fourth-order valence-corrected chi connectivity index (χ4v) is 7.88. The number of allylic oxidation sites excluding steroid dienone is 6. The Hall–Kier alpha value is -5.66. The number of hydrogen-bond acceptors (Lipinski definition) is 1. The van der Waals surface area contributed by atoms with Crippen LogP contribution >= 0.6 is 0 Å². The molecule has 2 aliphatic carbocycles. The molecule has 0 radical (unpaired) electrons. The first-order valence-electron chi connectivity index (χ1n) is 17.1. The molecule has 9 rings (SSSR count). The van der Waals surface area contributed by atoms with Crippen LogP contribution in [0.4, 0.5) is 11.4 Å². The number of anilines is 2. The Morgan fingerprint density at radius 3 is 2.10 bits per heavy atom. The third-order valence-electron chi connectivity index (χ3n) is 10.4. The first-order valence-corrected chi connectivity index (χ1v) is 17.1. The minimum atomic E-state index is 0.378. The minimum absolute atomic E-state index is 0.378. The molecule has 6 aromatic carbocycles. The van der Waals surface area contributed by atoms with Crippen molar-refractivity contribution in [3.05, 3.63) is 197 Å². The molecule has 0 bridgehead atoms. The van der Waals surface area contributed by atoms with E-state index in [1.165, 1.54) is 83.8 Å². The summed E-state index contributed by atoms with van der Waals surface area (Å²) in [6.45, 7) is 4.43. The van der Waals surface area contributed by atoms with Gasteiger partial charge in [-0.05, 0) is 111 Å². The molecule has 230 valence electrons. The molecule has 1 heterocycles. The maximum absolute atomic E-state index is 2.49. The number of rotatable bonds is 6. The second-order valence-electron chi connectivity index (χ2n) is 13.4. The topological polar surface area (TPSA) is 3.24 Å². The lowest BCUT2D eigenvalue weighted by Crippen LogP contribution is -2.14. The molecule has 6 aromatic rings. The molecule has 0 amide bonds. The fourth-order valence-electron chi connectivity index (χ4n) is 7.88. The van der Waals surface area contributed by atoms with Gasteiger partial charge in [-0.1, -0.05) is 140 Å². The number of aryl methyl sites for hydroxylation is 2. The van der Waals surface area contributed by atoms with Crippen LogP contribution in [0.25, 0.3) is 39.0 Å². The quantitative estimate of drug-likeness (QED) is 0.180. The summed E-state index contributed by atoms with van der Waals surface area (Å²) >= 11 is 0. The molecule has 0 N–H and O–H groups in total. The van der Waals surface area contributed by atoms with Crippen molar-refractivity contribution in [3.8, 4) is 33.4 Å². The average molecular weight is 616 g/mol. The van der Waals surface area contributed by atoms with Gasteiger partial charge < -0.3 is 4.90 Å². The third-order valence-corrected chi connectivity index (χ3v) is 10.4. The molecule has 0 saturated carbocycles. The molecular weight excluding hydrogens is 579 g/mol. The number of nitrogens with zero attached hydrogens (tertiary/aromatic N) is 1. The summed E-state index contributed by atoms with van der Waals surface area (Å²) in [6, 6.07) is 51.6. The average Bonchev–Trinajstić information content (AvgIpc) is 3.88. The van der Waals surface area contributed by atoms with E-state index in [1.54, 1.807) is 0 Å². The van der Waals surface area contributed by atoms with Gasteiger partial charge in [0.1, 0.15) is 0 Å². The van der Waals surface area contributed by atoms with Gasteiger partial charge in [0, 0.05) is 23.2 Å². The van der Waals surface area contributed by atoms with Crippen LogP contribution in [-0.2, 0) is 0 Å². The lowest BCUT2D eigenvalue weighted by molar-refractivity contribution is 0.819. The predicted octanol–water partition coefficient (Wildman–Crippen LogP) is 12.6. The Labute approximate surface area is 283 Å². The second-order valence-corrected chi connectivity index (χ2v) is 13.4. The van der Waals surface area contributed by atoms with Crippen molar-refractivity contribution in [1.29, 1.82) is 0 Å². The van der Waals surface area contributed by atoms with Gasteiger partial charge >= 0.3 is 0 Å². The maximum atomic E-state index is 2.49. The van der Waals surface area contributed by atoms with Gasteiger partial charge in [-0.3, -0.25) is 0 Å². The maximum Gasteiger partial charge on any atom is 0.0503 e. The van der Waals surface area contributed by atoms with E-state index in [1.807, 2.05) is 0 Å². The molecule has 0 fully saturated rings. The zero-order valence-corrected chi connectivity index (χ0v) is 27.4. The standard InChI is InChI=1S/C47H37N/c1-31-11-6-7-15-39(31)47-32(2)12-10-17-40(47)35-23-26-38(27-24-35)48-45-18-9-8-16-41(45)42-28-25-37(29-46(42)48)33-19-21-36(22-20-33)44-30-43(44)34-13-4-3-5-14-34/h3-15,17-30,41,44H,16H2,1-2H3. The molecule has 1 heteroatoms. The van der Waals surface area contributed by atoms with Gasteiger partial charge in [0.05, 0.1) is 5.69 Å². The van der Waals surface area contributed by atoms with Gasteiger partial charge in [0.15, 0.2) is 0 Å². The first-order chi connectivity index (χ1) is 23.6. The highest BCUT2D eigenvalue weighted by atomic mass is 15.2. The monoisotopic (exact) mass is 615 g/mol. The highest BCUT2D eigenvalue weighted by Crippen LogP contribution is 2.52. The van der Waals surface area contributed by atoms with Gasteiger partial charge in [-0.2, -0.15) is 0 Å². The molecule has 0 saturated heterocycles. The largest absolute Gasteiger partial charge is 0.313 e. The summed E-state index contributed by atoms with van der Waals surface area (Å²) < 4.78 is 0. The zero-order chi connectivity index (χ0) is 32.2. The van der Waals surface area contributed by atoms with Gasteiger partial charge in [-0.25, -0.2) is 0 Å². The van der Waals surface area contributed by atoms with E-state index in [9.17, 15) is 0 Å². The Bertz CT molecular complexity index is 2270. The summed E-state index contributed by atoms with van der Waals surface area (Å²) in [7, 11) is 0. The second kappa shape index (κ2) is 11.5. The lowest BCUT2D eigenvalue weighted by atomic mass is 9.89. The van der Waals surface area contributed by atoms with Crippen molar-refractivity contribution in [2.45, 2.75) is 32.1 Å². The van der Waals surface area contributed by atoms with Crippen LogP contribution in [0.1, 0.15) is 46.1 Å². The molecule has 1 nitrogen and oxygen atoms in total.